The van der Waals surface area contributed by atoms with Gasteiger partial charge < -0.3 is 14.2 Å². The van der Waals surface area contributed by atoms with Crippen molar-refractivity contribution in [3.63, 3.8) is 0 Å². The molecule has 0 aromatic rings. The number of esters is 3. The highest BCUT2D eigenvalue weighted by Gasteiger charge is 2.18. The summed E-state index contributed by atoms with van der Waals surface area (Å²) < 4.78 is 16.3. The second-order valence-electron chi connectivity index (χ2n) is 14.8. The first-order valence-electron chi connectivity index (χ1n) is 22.6. The van der Waals surface area contributed by atoms with Gasteiger partial charge in [-0.2, -0.15) is 0 Å². The van der Waals surface area contributed by atoms with Crippen molar-refractivity contribution in [2.24, 2.45) is 0 Å². The summed E-state index contributed by atoms with van der Waals surface area (Å²) in [5.41, 5.74) is 0. The van der Waals surface area contributed by atoms with Crippen molar-refractivity contribution in [3.8, 4) is 0 Å². The summed E-state index contributed by atoms with van der Waals surface area (Å²) in [5, 5.41) is 0. The molecule has 0 atom stereocenters. The summed E-state index contributed by atoms with van der Waals surface area (Å²) in [6.07, 6.45) is 54.5. The highest BCUT2D eigenvalue weighted by Crippen LogP contribution is 2.13. The van der Waals surface area contributed by atoms with E-state index < -0.39 is 18.0 Å². The number of unbranched alkanes of at least 4 members (excludes halogenated alkanes) is 24. The number of ether oxygens (including phenoxy) is 3. The third-order valence-electron chi connectivity index (χ3n) is 9.46. The predicted molar refractivity (Wildman–Crippen MR) is 233 cm³/mol. The fourth-order valence-electron chi connectivity index (χ4n) is 6.05. The molecule has 0 saturated heterocycles. The Labute approximate surface area is 338 Å². The van der Waals surface area contributed by atoms with Gasteiger partial charge in [-0.15, -0.1) is 0 Å². The number of carbonyl (C=O) groups excluding carboxylic acids is 3. The van der Waals surface area contributed by atoms with Crippen LogP contribution in [0.3, 0.4) is 0 Å². The van der Waals surface area contributed by atoms with Crippen LogP contribution in [0.4, 0.5) is 0 Å². The highest BCUT2D eigenvalue weighted by atomic mass is 16.6. The monoisotopic (exact) mass is 767 g/mol. The summed E-state index contributed by atoms with van der Waals surface area (Å²) in [5.74, 6) is -1.50. The van der Waals surface area contributed by atoms with E-state index in [4.69, 9.17) is 14.2 Å². The Morgan fingerprint density at radius 2 is 0.727 bits per heavy atom. The minimum absolute atomic E-state index is 0.199. The predicted octanol–water partition coefficient (Wildman–Crippen LogP) is 14.3. The van der Waals surface area contributed by atoms with E-state index in [1.54, 1.807) is 24.3 Å². The van der Waals surface area contributed by atoms with Crippen LogP contribution in [0.15, 0.2) is 72.9 Å². The van der Waals surface area contributed by atoms with Crippen molar-refractivity contribution in [2.45, 2.75) is 207 Å². The van der Waals surface area contributed by atoms with Crippen LogP contribution in [0.1, 0.15) is 201 Å². The second-order valence-corrected chi connectivity index (χ2v) is 14.8. The van der Waals surface area contributed by atoms with Gasteiger partial charge in [-0.25, -0.2) is 9.59 Å². The third-order valence-corrected chi connectivity index (χ3v) is 9.46. The van der Waals surface area contributed by atoms with Crippen LogP contribution in [0.5, 0.6) is 0 Å². The van der Waals surface area contributed by atoms with Crippen LogP contribution < -0.4 is 0 Å². The SMILES string of the molecule is CCCCCCCCCCCC=CC=CC=CC(=O)OCC(COC(=O)C=CC=CC=CCCCCCCCCCCC)OC(=O)CCCCCCCCC. The van der Waals surface area contributed by atoms with Crippen molar-refractivity contribution >= 4 is 17.9 Å². The number of hydrogen-bond donors (Lipinski definition) is 0. The van der Waals surface area contributed by atoms with E-state index in [1.807, 2.05) is 24.3 Å². The van der Waals surface area contributed by atoms with Crippen molar-refractivity contribution in [3.05, 3.63) is 72.9 Å². The molecule has 0 aliphatic carbocycles. The van der Waals surface area contributed by atoms with Crippen molar-refractivity contribution in [1.29, 1.82) is 0 Å². The Morgan fingerprint density at radius 3 is 1.11 bits per heavy atom. The summed E-state index contributed by atoms with van der Waals surface area (Å²) in [7, 11) is 0. The largest absolute Gasteiger partial charge is 0.458 e. The first-order valence-corrected chi connectivity index (χ1v) is 22.6. The normalized spacial score (nSPS) is 12.7. The van der Waals surface area contributed by atoms with Crippen LogP contribution >= 0.6 is 0 Å². The Balaban J connectivity index is 4.57. The number of rotatable bonds is 39. The van der Waals surface area contributed by atoms with Crippen molar-refractivity contribution in [2.75, 3.05) is 13.2 Å². The van der Waals surface area contributed by atoms with Crippen LogP contribution in [0.2, 0.25) is 0 Å². The third kappa shape index (κ3) is 41.8. The Bertz CT molecular complexity index is 997. The standard InChI is InChI=1S/C49H82O6/c1-4-7-10-13-16-18-20-22-24-26-28-30-33-35-38-41-47(50)53-44-46(55-49(52)43-40-37-32-15-12-9-6-3)45-54-48(51)42-39-36-34-31-29-27-25-23-21-19-17-14-11-8-5-2/h28-31,33-36,38-39,41-42,46H,4-27,32,37,40,43-45H2,1-3H3. The molecule has 0 unspecified atom stereocenters. The molecule has 314 valence electrons. The van der Waals surface area contributed by atoms with E-state index in [-0.39, 0.29) is 25.6 Å². The molecule has 0 bridgehead atoms. The molecule has 6 nitrogen and oxygen atoms in total. The molecule has 0 saturated carbocycles. The van der Waals surface area contributed by atoms with Gasteiger partial charge >= 0.3 is 17.9 Å². The Morgan fingerprint density at radius 1 is 0.400 bits per heavy atom. The maximum absolute atomic E-state index is 12.6. The molecule has 0 radical (unpaired) electrons. The molecule has 55 heavy (non-hydrogen) atoms. The molecular formula is C49H82O6. The average Bonchev–Trinajstić information content (AvgIpc) is 3.18. The molecule has 6 heteroatoms. The lowest BCUT2D eigenvalue weighted by atomic mass is 10.1. The van der Waals surface area contributed by atoms with Gasteiger partial charge in [0.2, 0.25) is 0 Å². The van der Waals surface area contributed by atoms with Gasteiger partial charge in [0.15, 0.2) is 6.10 Å². The zero-order valence-electron chi connectivity index (χ0n) is 35.7. The number of carbonyl (C=O) groups is 3. The lowest BCUT2D eigenvalue weighted by Gasteiger charge is -2.17. The Kier molecular flexibility index (Phi) is 41.1. The van der Waals surface area contributed by atoms with Crippen LogP contribution in [-0.2, 0) is 28.6 Å². The van der Waals surface area contributed by atoms with E-state index in [0.717, 1.165) is 32.1 Å². The molecule has 0 fully saturated rings. The molecule has 0 heterocycles. The summed E-state index contributed by atoms with van der Waals surface area (Å²) in [6, 6.07) is 0. The maximum atomic E-state index is 12.6. The fraction of sp³-hybridized carbons (Fsp3) is 0.694. The topological polar surface area (TPSA) is 78.9 Å². The number of allylic oxidation sites excluding steroid dienone is 10. The van der Waals surface area contributed by atoms with Crippen LogP contribution in [0.25, 0.3) is 0 Å². The van der Waals surface area contributed by atoms with Gasteiger partial charge in [-0.05, 0) is 32.1 Å². The molecule has 0 aromatic carbocycles. The maximum Gasteiger partial charge on any atom is 0.330 e. The summed E-state index contributed by atoms with van der Waals surface area (Å²) >= 11 is 0. The van der Waals surface area contributed by atoms with Gasteiger partial charge in [0.05, 0.1) is 0 Å². The highest BCUT2D eigenvalue weighted by molar-refractivity contribution is 5.82. The lowest BCUT2D eigenvalue weighted by molar-refractivity contribution is -0.164. The van der Waals surface area contributed by atoms with Gasteiger partial charge in [0.25, 0.3) is 0 Å². The summed E-state index contributed by atoms with van der Waals surface area (Å²) in [4.78, 5) is 37.3. The average molecular weight is 767 g/mol. The van der Waals surface area contributed by atoms with Crippen molar-refractivity contribution in [1.82, 2.24) is 0 Å². The van der Waals surface area contributed by atoms with E-state index in [9.17, 15) is 14.4 Å². The second kappa shape index (κ2) is 43.6. The Hall–Kier alpha value is -3.15. The van der Waals surface area contributed by atoms with E-state index >= 15 is 0 Å². The molecule has 0 amide bonds. The zero-order valence-corrected chi connectivity index (χ0v) is 35.7. The summed E-state index contributed by atoms with van der Waals surface area (Å²) in [6.45, 7) is 6.30. The minimum Gasteiger partial charge on any atom is -0.458 e. The first kappa shape index (κ1) is 51.9. The molecule has 0 spiro atoms. The van der Waals surface area contributed by atoms with Crippen LogP contribution in [-0.4, -0.2) is 37.2 Å². The molecule has 0 aromatic heterocycles. The van der Waals surface area contributed by atoms with Gasteiger partial charge in [0, 0.05) is 18.6 Å². The number of hydrogen-bond acceptors (Lipinski definition) is 6. The van der Waals surface area contributed by atoms with Gasteiger partial charge in [0.1, 0.15) is 13.2 Å². The van der Waals surface area contributed by atoms with E-state index in [2.05, 4.69) is 32.9 Å². The smallest absolute Gasteiger partial charge is 0.330 e. The zero-order chi connectivity index (χ0) is 40.1. The van der Waals surface area contributed by atoms with Crippen molar-refractivity contribution < 1.29 is 28.6 Å². The fourth-order valence-corrected chi connectivity index (χ4v) is 6.05. The molecular weight excluding hydrogens is 685 g/mol. The molecule has 0 aliphatic rings. The van der Waals surface area contributed by atoms with Gasteiger partial charge in [-0.1, -0.05) is 223 Å². The minimum atomic E-state index is -0.883. The van der Waals surface area contributed by atoms with Gasteiger partial charge in [-0.3, -0.25) is 4.79 Å². The molecule has 0 aliphatic heterocycles. The molecule has 0 rings (SSSR count). The molecule has 0 N–H and O–H groups in total. The lowest BCUT2D eigenvalue weighted by Crippen LogP contribution is -2.30. The van der Waals surface area contributed by atoms with Crippen LogP contribution in [0, 0.1) is 0 Å². The van der Waals surface area contributed by atoms with E-state index in [1.165, 1.54) is 153 Å². The quantitative estimate of drug-likeness (QED) is 0.0204. The van der Waals surface area contributed by atoms with E-state index in [0.29, 0.717) is 0 Å². The first-order chi connectivity index (χ1) is 27.0.